The molecule has 0 fully saturated rings. The lowest BCUT2D eigenvalue weighted by atomic mass is 10.1. The first kappa shape index (κ1) is 11.4. The number of nitrogens with zero attached hydrogens (tertiary/aromatic N) is 1. The number of ketones is 1. The van der Waals surface area contributed by atoms with E-state index in [1.165, 1.54) is 6.08 Å². The highest BCUT2D eigenvalue weighted by molar-refractivity contribution is 6.04. The van der Waals surface area contributed by atoms with E-state index in [-0.39, 0.29) is 11.3 Å². The Labute approximate surface area is 90.2 Å². The van der Waals surface area contributed by atoms with Gasteiger partial charge in [-0.05, 0) is 32.9 Å². The highest BCUT2D eigenvalue weighted by Gasteiger charge is 2.05. The van der Waals surface area contributed by atoms with Crippen molar-refractivity contribution in [3.05, 3.63) is 42.4 Å². The Balaban J connectivity index is 2.57. The summed E-state index contributed by atoms with van der Waals surface area (Å²) in [7, 11) is 0. The van der Waals surface area contributed by atoms with E-state index in [1.807, 2.05) is 20.8 Å². The van der Waals surface area contributed by atoms with Crippen LogP contribution in [-0.2, 0) is 0 Å². The Hall–Kier alpha value is -1.64. The van der Waals surface area contributed by atoms with Crippen LogP contribution in [0.15, 0.2) is 36.8 Å². The summed E-state index contributed by atoms with van der Waals surface area (Å²) in [6, 6.07) is 3.50. The van der Waals surface area contributed by atoms with Crippen molar-refractivity contribution in [3.8, 4) is 0 Å². The Bertz CT molecular complexity index is 350. The topological polar surface area (TPSA) is 42.0 Å². The van der Waals surface area contributed by atoms with Crippen molar-refractivity contribution in [2.45, 2.75) is 26.3 Å². The number of aromatic nitrogens is 1. The van der Waals surface area contributed by atoms with Crippen molar-refractivity contribution in [1.29, 1.82) is 0 Å². The van der Waals surface area contributed by atoms with Gasteiger partial charge in [0.2, 0.25) is 0 Å². The van der Waals surface area contributed by atoms with E-state index in [2.05, 4.69) is 10.3 Å². The number of hydrogen-bond acceptors (Lipinski definition) is 3. The Kier molecular flexibility index (Phi) is 3.61. The van der Waals surface area contributed by atoms with E-state index in [1.54, 1.807) is 30.7 Å². The number of carbonyl (C=O) groups excluding carboxylic acids is 1. The van der Waals surface area contributed by atoms with Crippen LogP contribution in [0.25, 0.3) is 0 Å². The van der Waals surface area contributed by atoms with Crippen LogP contribution in [0.5, 0.6) is 0 Å². The molecule has 0 radical (unpaired) electrons. The second kappa shape index (κ2) is 4.73. The van der Waals surface area contributed by atoms with E-state index in [9.17, 15) is 4.79 Å². The maximum absolute atomic E-state index is 11.6. The first-order chi connectivity index (χ1) is 6.99. The van der Waals surface area contributed by atoms with Gasteiger partial charge in [-0.3, -0.25) is 9.78 Å². The Morgan fingerprint density at radius 3 is 2.73 bits per heavy atom. The number of rotatable bonds is 3. The molecule has 0 spiro atoms. The molecule has 0 amide bonds. The summed E-state index contributed by atoms with van der Waals surface area (Å²) in [5.74, 6) is -0.0418. The molecule has 0 aliphatic rings. The fourth-order valence-electron chi connectivity index (χ4n) is 0.972. The van der Waals surface area contributed by atoms with Crippen LogP contribution in [0.2, 0.25) is 0 Å². The summed E-state index contributed by atoms with van der Waals surface area (Å²) in [6.07, 6.45) is 6.40. The summed E-state index contributed by atoms with van der Waals surface area (Å²) < 4.78 is 0. The fraction of sp³-hybridized carbons (Fsp3) is 0.333. The molecule has 15 heavy (non-hydrogen) atoms. The fourth-order valence-corrected chi connectivity index (χ4v) is 0.972. The number of allylic oxidation sites excluding steroid dienone is 1. The molecule has 1 aromatic heterocycles. The molecule has 80 valence electrons. The molecule has 0 saturated carbocycles. The zero-order valence-corrected chi connectivity index (χ0v) is 9.32. The third-order valence-electron chi connectivity index (χ3n) is 1.70. The van der Waals surface area contributed by atoms with Crippen LogP contribution < -0.4 is 5.32 Å². The zero-order chi connectivity index (χ0) is 11.3. The zero-order valence-electron chi connectivity index (χ0n) is 9.32. The summed E-state index contributed by atoms with van der Waals surface area (Å²) >= 11 is 0. The summed E-state index contributed by atoms with van der Waals surface area (Å²) in [5.41, 5.74) is 0.579. The Morgan fingerprint density at radius 2 is 2.20 bits per heavy atom. The van der Waals surface area contributed by atoms with Crippen molar-refractivity contribution in [3.63, 3.8) is 0 Å². The van der Waals surface area contributed by atoms with Crippen LogP contribution in [0.1, 0.15) is 31.1 Å². The molecule has 0 aliphatic carbocycles. The van der Waals surface area contributed by atoms with Gasteiger partial charge < -0.3 is 5.32 Å². The van der Waals surface area contributed by atoms with E-state index >= 15 is 0 Å². The highest BCUT2D eigenvalue weighted by atomic mass is 16.1. The van der Waals surface area contributed by atoms with Crippen LogP contribution in [0.4, 0.5) is 0 Å². The molecule has 3 heteroatoms. The van der Waals surface area contributed by atoms with Gasteiger partial charge in [0.15, 0.2) is 5.78 Å². The second-order valence-electron chi connectivity index (χ2n) is 4.33. The molecule has 0 bridgehead atoms. The van der Waals surface area contributed by atoms with Gasteiger partial charge in [-0.2, -0.15) is 0 Å². The van der Waals surface area contributed by atoms with Gasteiger partial charge in [0.05, 0.1) is 0 Å². The van der Waals surface area contributed by atoms with Crippen LogP contribution in [-0.4, -0.2) is 16.3 Å². The maximum Gasteiger partial charge on any atom is 0.188 e. The quantitative estimate of drug-likeness (QED) is 0.606. The molecule has 0 aromatic carbocycles. The molecule has 1 rings (SSSR count). The molecule has 1 N–H and O–H groups in total. The minimum absolute atomic E-state index is 0.0221. The minimum Gasteiger partial charge on any atom is -0.386 e. The van der Waals surface area contributed by atoms with Crippen molar-refractivity contribution in [2.75, 3.05) is 0 Å². The normalized spacial score (nSPS) is 11.7. The number of nitrogens with one attached hydrogen (secondary N) is 1. The summed E-state index contributed by atoms with van der Waals surface area (Å²) in [4.78, 5) is 15.5. The van der Waals surface area contributed by atoms with E-state index in [0.717, 1.165) is 0 Å². The van der Waals surface area contributed by atoms with E-state index in [0.29, 0.717) is 5.56 Å². The molecule has 0 saturated heterocycles. The SMILES string of the molecule is CC(C)(C)N/C=C\C(=O)c1cccnc1. The van der Waals surface area contributed by atoms with Crippen LogP contribution in [0, 0.1) is 0 Å². The standard InChI is InChI=1S/C12H16N2O/c1-12(2,3)14-8-6-11(15)10-5-4-7-13-9-10/h4-9,14H,1-3H3/b8-6-. The van der Waals surface area contributed by atoms with Crippen molar-refractivity contribution >= 4 is 5.78 Å². The van der Waals surface area contributed by atoms with Gasteiger partial charge in [-0.15, -0.1) is 0 Å². The molecule has 1 heterocycles. The average Bonchev–Trinajstić information content (AvgIpc) is 2.17. The lowest BCUT2D eigenvalue weighted by Crippen LogP contribution is -2.31. The monoisotopic (exact) mass is 204 g/mol. The molecule has 3 nitrogen and oxygen atoms in total. The van der Waals surface area contributed by atoms with Crippen molar-refractivity contribution < 1.29 is 4.79 Å². The third kappa shape index (κ3) is 4.40. The average molecular weight is 204 g/mol. The van der Waals surface area contributed by atoms with Gasteiger partial charge in [-0.25, -0.2) is 0 Å². The van der Waals surface area contributed by atoms with E-state index in [4.69, 9.17) is 0 Å². The molecular weight excluding hydrogens is 188 g/mol. The van der Waals surface area contributed by atoms with Gasteiger partial charge in [0, 0.05) is 35.8 Å². The predicted octanol–water partition coefficient (Wildman–Crippen LogP) is 2.17. The van der Waals surface area contributed by atoms with Gasteiger partial charge in [0.1, 0.15) is 0 Å². The molecule has 0 atom stereocenters. The summed E-state index contributed by atoms with van der Waals surface area (Å²) in [5, 5.41) is 3.10. The van der Waals surface area contributed by atoms with Gasteiger partial charge in [-0.1, -0.05) is 0 Å². The van der Waals surface area contributed by atoms with Crippen molar-refractivity contribution in [2.24, 2.45) is 0 Å². The van der Waals surface area contributed by atoms with Gasteiger partial charge in [0.25, 0.3) is 0 Å². The lowest BCUT2D eigenvalue weighted by Gasteiger charge is -2.18. The molecule has 0 unspecified atom stereocenters. The predicted molar refractivity (Wildman–Crippen MR) is 60.6 cm³/mol. The summed E-state index contributed by atoms with van der Waals surface area (Å²) in [6.45, 7) is 6.10. The molecule has 0 aliphatic heterocycles. The number of carbonyl (C=O) groups is 1. The lowest BCUT2D eigenvalue weighted by molar-refractivity contribution is 0.104. The highest BCUT2D eigenvalue weighted by Crippen LogP contribution is 2.00. The third-order valence-corrected chi connectivity index (χ3v) is 1.70. The maximum atomic E-state index is 11.6. The van der Waals surface area contributed by atoms with Gasteiger partial charge >= 0.3 is 0 Å². The molecular formula is C12H16N2O. The van der Waals surface area contributed by atoms with Crippen molar-refractivity contribution in [1.82, 2.24) is 10.3 Å². The van der Waals surface area contributed by atoms with E-state index < -0.39 is 0 Å². The number of pyridine rings is 1. The number of hydrogen-bond donors (Lipinski definition) is 1. The van der Waals surface area contributed by atoms with Crippen LogP contribution >= 0.6 is 0 Å². The first-order valence-electron chi connectivity index (χ1n) is 4.88. The first-order valence-corrected chi connectivity index (χ1v) is 4.88. The second-order valence-corrected chi connectivity index (χ2v) is 4.33. The Morgan fingerprint density at radius 1 is 1.47 bits per heavy atom. The smallest absolute Gasteiger partial charge is 0.188 e. The minimum atomic E-state index is -0.0418. The molecule has 1 aromatic rings. The van der Waals surface area contributed by atoms with Crippen LogP contribution in [0.3, 0.4) is 0 Å². The largest absolute Gasteiger partial charge is 0.386 e.